The minimum absolute atomic E-state index is 0.0120. The van der Waals surface area contributed by atoms with Gasteiger partial charge in [0.15, 0.2) is 0 Å². The molecule has 7 rings (SSSR count). The van der Waals surface area contributed by atoms with Crippen LogP contribution in [0.2, 0.25) is 0 Å². The topological polar surface area (TPSA) is 155 Å². The molecule has 15 heteroatoms. The van der Waals surface area contributed by atoms with Crippen LogP contribution in [0.25, 0.3) is 33.3 Å². The molecular formula is C52H66FN7O7. The standard InChI is InChI=1S/C52H66FN7O7/c1-10-44(61)58-21-18-36(29-58)49(63)57(8)46(31(3)4)48(62)55-42-25-33-22-34(28-53)24-37(23-33)35-16-17-43-39(26-35)40(47(59(43)11-2)38-14-12-19-54-45(38)32(5)66-9)27-52(6,7)30-67-51(65)41-15-13-20-60(56-41)50(42)64/h10,12,14,16-17,19,22-24,26,31-32,36,41-42,46,56H,1,11,13,15,18,20-21,25,27-30H2,2-9H3,(H,55,62)/t32-,36-,41-,42-,46?/m0/s1. The summed E-state index contributed by atoms with van der Waals surface area (Å²) in [5, 5.41) is 5.37. The Balaban J connectivity index is 1.33. The second-order valence-electron chi connectivity index (χ2n) is 19.4. The molecule has 1 unspecified atom stereocenters. The van der Waals surface area contributed by atoms with Gasteiger partial charge in [-0.05, 0) is 110 Å². The zero-order valence-electron chi connectivity index (χ0n) is 40.2. The number of hydrazine groups is 1. The smallest absolute Gasteiger partial charge is 0.324 e. The molecule has 0 saturated carbocycles. The predicted octanol–water partition coefficient (Wildman–Crippen LogP) is 6.73. The Morgan fingerprint density at radius 2 is 1.87 bits per heavy atom. The molecule has 2 saturated heterocycles. The highest BCUT2D eigenvalue weighted by Crippen LogP contribution is 2.42. The second kappa shape index (κ2) is 20.5. The van der Waals surface area contributed by atoms with E-state index in [1.54, 1.807) is 31.3 Å². The lowest BCUT2D eigenvalue weighted by atomic mass is 9.84. The molecule has 2 aromatic carbocycles. The maximum Gasteiger partial charge on any atom is 0.324 e. The predicted molar refractivity (Wildman–Crippen MR) is 255 cm³/mol. The van der Waals surface area contributed by atoms with Gasteiger partial charge in [-0.15, -0.1) is 0 Å². The molecular weight excluding hydrogens is 854 g/mol. The number of cyclic esters (lactones) is 1. The van der Waals surface area contributed by atoms with Crippen molar-refractivity contribution in [3.63, 3.8) is 0 Å². The quantitative estimate of drug-likeness (QED) is 0.123. The number of benzene rings is 2. The molecule has 3 aliphatic heterocycles. The molecule has 358 valence electrons. The monoisotopic (exact) mass is 920 g/mol. The number of ether oxygens (including phenoxy) is 2. The Morgan fingerprint density at radius 3 is 2.57 bits per heavy atom. The Kier molecular flexibility index (Phi) is 15.0. The number of rotatable bonds is 11. The van der Waals surface area contributed by atoms with E-state index in [-0.39, 0.29) is 50.0 Å². The highest BCUT2D eigenvalue weighted by molar-refractivity contribution is 5.96. The number of alkyl halides is 1. The SMILES string of the molecule is C=CC(=O)N1CC[C@H](C(=O)N(C)C(C(=O)N[C@H]2Cc3cc(CF)cc(c3)-c3ccc4c(c3)c(c(-c3cccnc3[C@H](C)OC)n4CC)CC(C)(C)COC(=O)[C@@H]3CCCN(N3)C2=O)C(C)C)C1. The van der Waals surface area contributed by atoms with Crippen molar-refractivity contribution in [1.82, 2.24) is 35.1 Å². The number of carbonyl (C=O) groups is 5. The van der Waals surface area contributed by atoms with Crippen LogP contribution in [0.4, 0.5) is 4.39 Å². The molecule has 0 spiro atoms. The fourth-order valence-corrected chi connectivity index (χ4v) is 10.1. The summed E-state index contributed by atoms with van der Waals surface area (Å²) in [7, 11) is 3.24. The van der Waals surface area contributed by atoms with Crippen molar-refractivity contribution in [2.75, 3.05) is 40.4 Å². The number of hydrogen-bond acceptors (Lipinski definition) is 9. The minimum Gasteiger partial charge on any atom is -0.464 e. The molecule has 0 radical (unpaired) electrons. The van der Waals surface area contributed by atoms with Crippen LogP contribution in [0.15, 0.2) is 67.4 Å². The number of amides is 4. The van der Waals surface area contributed by atoms with E-state index in [9.17, 15) is 28.4 Å². The zero-order valence-corrected chi connectivity index (χ0v) is 40.2. The third kappa shape index (κ3) is 10.3. The first-order valence-corrected chi connectivity index (χ1v) is 23.5. The molecule has 5 heterocycles. The number of esters is 1. The highest BCUT2D eigenvalue weighted by atomic mass is 19.1. The van der Waals surface area contributed by atoms with E-state index in [1.165, 1.54) is 16.0 Å². The van der Waals surface area contributed by atoms with Gasteiger partial charge in [0.2, 0.25) is 17.7 Å². The number of likely N-dealkylation sites (tertiary alicyclic amines) is 1. The van der Waals surface area contributed by atoms with Crippen LogP contribution in [0, 0.1) is 17.3 Å². The van der Waals surface area contributed by atoms with Crippen LogP contribution < -0.4 is 10.7 Å². The summed E-state index contributed by atoms with van der Waals surface area (Å²) >= 11 is 0. The van der Waals surface area contributed by atoms with Crippen molar-refractivity contribution >= 4 is 40.5 Å². The number of nitrogens with zero attached hydrogens (tertiary/aromatic N) is 5. The van der Waals surface area contributed by atoms with Gasteiger partial charge in [-0.2, -0.15) is 0 Å². The van der Waals surface area contributed by atoms with Gasteiger partial charge in [0, 0.05) is 74.8 Å². The first-order chi connectivity index (χ1) is 32.0. The first kappa shape index (κ1) is 49.0. The van der Waals surface area contributed by atoms with Crippen molar-refractivity contribution in [2.24, 2.45) is 17.3 Å². The Bertz CT molecular complexity index is 2540. The molecule has 2 fully saturated rings. The van der Waals surface area contributed by atoms with Crippen LogP contribution in [-0.2, 0) is 59.5 Å². The van der Waals surface area contributed by atoms with E-state index in [0.717, 1.165) is 44.5 Å². The van der Waals surface area contributed by atoms with Crippen molar-refractivity contribution in [1.29, 1.82) is 0 Å². The fraction of sp³-hybridized carbons (Fsp3) is 0.500. The summed E-state index contributed by atoms with van der Waals surface area (Å²) in [6, 6.07) is 12.7. The van der Waals surface area contributed by atoms with Crippen LogP contribution in [0.5, 0.6) is 0 Å². The summed E-state index contributed by atoms with van der Waals surface area (Å²) in [6.45, 7) is 16.3. The van der Waals surface area contributed by atoms with Gasteiger partial charge in [-0.25, -0.2) is 9.82 Å². The Morgan fingerprint density at radius 1 is 1.09 bits per heavy atom. The number of likely N-dealkylation sites (N-methyl/N-ethyl adjacent to an activating group) is 1. The Hall–Kier alpha value is -5.93. The van der Waals surface area contributed by atoms with E-state index in [0.29, 0.717) is 49.9 Å². The highest BCUT2D eigenvalue weighted by Gasteiger charge is 2.40. The lowest BCUT2D eigenvalue weighted by Gasteiger charge is -2.37. The summed E-state index contributed by atoms with van der Waals surface area (Å²) in [5.41, 5.74) is 9.94. The van der Waals surface area contributed by atoms with Gasteiger partial charge in [-0.3, -0.25) is 34.0 Å². The first-order valence-electron chi connectivity index (χ1n) is 23.5. The van der Waals surface area contributed by atoms with Crippen LogP contribution in [-0.4, -0.2) is 112 Å². The number of aromatic nitrogens is 2. The largest absolute Gasteiger partial charge is 0.464 e. The van der Waals surface area contributed by atoms with E-state index >= 15 is 0 Å². The van der Waals surface area contributed by atoms with Crippen LogP contribution in [0.3, 0.4) is 0 Å². The molecule has 0 aliphatic carbocycles. The normalized spacial score (nSPS) is 20.8. The average molecular weight is 920 g/mol. The molecule has 67 heavy (non-hydrogen) atoms. The number of methoxy groups -OCH3 is 1. The van der Waals surface area contributed by atoms with Gasteiger partial charge >= 0.3 is 5.97 Å². The third-order valence-corrected chi connectivity index (χ3v) is 13.6. The van der Waals surface area contributed by atoms with E-state index < -0.39 is 53.9 Å². The van der Waals surface area contributed by atoms with Gasteiger partial charge in [0.05, 0.1) is 30.0 Å². The number of halogens is 1. The number of aryl methyl sites for hydroxylation is 1. The summed E-state index contributed by atoms with van der Waals surface area (Å²) in [6.07, 6.45) is 4.60. The fourth-order valence-electron chi connectivity index (χ4n) is 10.1. The summed E-state index contributed by atoms with van der Waals surface area (Å²) in [4.78, 5) is 77.3. The third-order valence-electron chi connectivity index (χ3n) is 13.6. The molecule has 4 aromatic rings. The lowest BCUT2D eigenvalue weighted by Crippen LogP contribution is -2.62. The average Bonchev–Trinajstić information content (AvgIpc) is 3.94. The Labute approximate surface area is 393 Å². The van der Waals surface area contributed by atoms with Crippen molar-refractivity contribution < 1.29 is 37.8 Å². The summed E-state index contributed by atoms with van der Waals surface area (Å²) in [5.74, 6) is -2.91. The van der Waals surface area contributed by atoms with Gasteiger partial charge in [0.25, 0.3) is 5.91 Å². The number of nitrogens with one attached hydrogen (secondary N) is 2. The molecule has 2 N–H and O–H groups in total. The molecule has 6 bridgehead atoms. The van der Waals surface area contributed by atoms with Crippen LogP contribution >= 0.6 is 0 Å². The maximum absolute atomic E-state index is 14.9. The zero-order chi connectivity index (χ0) is 48.3. The number of fused-ring (bicyclic) bond motifs is 6. The number of carbonyl (C=O) groups excluding carboxylic acids is 5. The maximum atomic E-state index is 14.9. The molecule has 4 amide bonds. The second-order valence-corrected chi connectivity index (χ2v) is 19.4. The molecule has 5 atom stereocenters. The van der Waals surface area contributed by atoms with Crippen molar-refractivity contribution in [2.45, 2.75) is 111 Å². The van der Waals surface area contributed by atoms with Crippen molar-refractivity contribution in [3.8, 4) is 22.4 Å². The number of pyridine rings is 1. The summed E-state index contributed by atoms with van der Waals surface area (Å²) < 4.78 is 29.1. The van der Waals surface area contributed by atoms with Gasteiger partial charge in [0.1, 0.15) is 24.8 Å². The van der Waals surface area contributed by atoms with E-state index in [4.69, 9.17) is 14.5 Å². The van der Waals surface area contributed by atoms with Crippen molar-refractivity contribution in [3.05, 3.63) is 89.8 Å². The molecule has 14 nitrogen and oxygen atoms in total. The number of hydrogen-bond donors (Lipinski definition) is 2. The van der Waals surface area contributed by atoms with Crippen LogP contribution in [0.1, 0.15) is 89.3 Å². The van der Waals surface area contributed by atoms with Gasteiger partial charge in [-0.1, -0.05) is 52.5 Å². The van der Waals surface area contributed by atoms with E-state index in [2.05, 4.69) is 60.9 Å². The van der Waals surface area contributed by atoms with Gasteiger partial charge < -0.3 is 29.2 Å². The molecule has 2 aromatic heterocycles. The molecule has 3 aliphatic rings. The van der Waals surface area contributed by atoms with E-state index in [1.807, 2.05) is 45.0 Å². The minimum atomic E-state index is -1.18. The lowest BCUT2D eigenvalue weighted by molar-refractivity contribution is -0.155.